The van der Waals surface area contributed by atoms with Crippen molar-refractivity contribution >= 4 is 27.6 Å². The van der Waals surface area contributed by atoms with Crippen LogP contribution in [0.15, 0.2) is 86.3 Å². The molecule has 2 atom stereocenters. The number of hydrogen-bond acceptors (Lipinski definition) is 5. The maximum absolute atomic E-state index is 14.9. The molecule has 5 nitrogen and oxygen atoms in total. The third-order valence-electron chi connectivity index (χ3n) is 7.53. The first kappa shape index (κ1) is 21.4. The average Bonchev–Trinajstić information content (AvgIpc) is 3.33. The highest BCUT2D eigenvalue weighted by atomic mass is 32.2. The van der Waals surface area contributed by atoms with E-state index in [1.165, 1.54) is 31.0 Å². The highest BCUT2D eigenvalue weighted by Crippen LogP contribution is 2.55. The molecule has 0 bridgehead atoms. The summed E-state index contributed by atoms with van der Waals surface area (Å²) in [6, 6.07) is 11.2. The number of aliphatic imine (C=N–C) groups is 3. The van der Waals surface area contributed by atoms with E-state index in [0.717, 1.165) is 17.0 Å². The molecule has 2 aliphatic carbocycles. The van der Waals surface area contributed by atoms with E-state index in [2.05, 4.69) is 35.1 Å². The van der Waals surface area contributed by atoms with Gasteiger partial charge < -0.3 is 0 Å². The van der Waals surface area contributed by atoms with Crippen molar-refractivity contribution in [1.82, 2.24) is 0 Å². The van der Waals surface area contributed by atoms with Crippen LogP contribution >= 0.6 is 0 Å². The Bertz CT molecular complexity index is 1480. The minimum Gasteiger partial charge on any atom is -0.250 e. The van der Waals surface area contributed by atoms with Crippen molar-refractivity contribution in [2.75, 3.05) is 5.75 Å². The maximum atomic E-state index is 14.9. The summed E-state index contributed by atoms with van der Waals surface area (Å²) in [5.41, 5.74) is 3.70. The topological polar surface area (TPSA) is 71.2 Å². The molecule has 0 N–H and O–H groups in total. The van der Waals surface area contributed by atoms with Crippen LogP contribution in [0.1, 0.15) is 32.3 Å². The summed E-state index contributed by atoms with van der Waals surface area (Å²) in [5, 5.41) is 0. The predicted octanol–water partition coefficient (Wildman–Crippen LogP) is 5.18. The molecule has 7 heteroatoms. The first-order chi connectivity index (χ1) is 16.3. The zero-order chi connectivity index (χ0) is 23.7. The first-order valence-corrected chi connectivity index (χ1v) is 13.2. The fourth-order valence-electron chi connectivity index (χ4n) is 4.93. The Morgan fingerprint density at radius 3 is 2.53 bits per heavy atom. The molecule has 0 saturated heterocycles. The number of benzene rings is 2. The lowest BCUT2D eigenvalue weighted by molar-refractivity contribution is 0.468. The molecular formula is C27H24FN3O2S. The van der Waals surface area contributed by atoms with Crippen molar-refractivity contribution in [3.8, 4) is 11.1 Å². The lowest BCUT2D eigenvalue weighted by Gasteiger charge is -2.27. The summed E-state index contributed by atoms with van der Waals surface area (Å²) < 4.78 is 39.1. The van der Waals surface area contributed by atoms with Gasteiger partial charge in [-0.25, -0.2) is 27.8 Å². The summed E-state index contributed by atoms with van der Waals surface area (Å²) in [6.45, 7) is 3.90. The number of hydrogen-bond donors (Lipinski definition) is 0. The van der Waals surface area contributed by atoms with E-state index in [1.54, 1.807) is 37.5 Å². The van der Waals surface area contributed by atoms with Crippen LogP contribution in [-0.2, 0) is 9.84 Å². The number of nitrogens with zero attached hydrogens (tertiary/aromatic N) is 3. The number of rotatable bonds is 5. The minimum absolute atomic E-state index is 0.0201. The molecule has 0 aromatic heterocycles. The summed E-state index contributed by atoms with van der Waals surface area (Å²) >= 11 is 0. The number of allylic oxidation sites excluding steroid dienone is 2. The third-order valence-corrected chi connectivity index (χ3v) is 9.28. The number of sulfone groups is 1. The van der Waals surface area contributed by atoms with Gasteiger partial charge in [-0.15, -0.1) is 0 Å². The van der Waals surface area contributed by atoms with Gasteiger partial charge in [-0.3, -0.25) is 0 Å². The summed E-state index contributed by atoms with van der Waals surface area (Å²) in [4.78, 5) is 14.4. The van der Waals surface area contributed by atoms with Crippen molar-refractivity contribution in [2.45, 2.75) is 37.1 Å². The largest absolute Gasteiger partial charge is 0.250 e. The van der Waals surface area contributed by atoms with Crippen LogP contribution in [-0.4, -0.2) is 37.5 Å². The molecule has 1 saturated carbocycles. The molecule has 2 aliphatic heterocycles. The number of halogens is 1. The van der Waals surface area contributed by atoms with Crippen molar-refractivity contribution in [3.05, 3.63) is 77.8 Å². The molecule has 6 rings (SSSR count). The fourth-order valence-corrected chi connectivity index (χ4v) is 5.82. The lowest BCUT2D eigenvalue weighted by atomic mass is 9.78. The monoisotopic (exact) mass is 473 g/mol. The Balaban J connectivity index is 1.40. The first-order valence-electron chi connectivity index (χ1n) is 11.5. The molecular weight excluding hydrogens is 449 g/mol. The zero-order valence-corrected chi connectivity index (χ0v) is 19.8. The standard InChI is InChI=1S/C27H24FN3O2S/c1-3-34(32,33)20-7-4-17(5-8-20)21-14-18(6-9-22(21)28)24-25-27(30-16-29-25)11-10-19(15-23(27)31-24)26(2)12-13-26/h4-11,14-16,19H,3,12-13H2,1-2H3. The summed E-state index contributed by atoms with van der Waals surface area (Å²) in [7, 11) is -3.32. The van der Waals surface area contributed by atoms with Gasteiger partial charge in [0, 0.05) is 17.0 Å². The van der Waals surface area contributed by atoms with Crippen LogP contribution in [0.2, 0.25) is 0 Å². The van der Waals surface area contributed by atoms with Crippen LogP contribution in [0.4, 0.5) is 4.39 Å². The molecule has 172 valence electrons. The van der Waals surface area contributed by atoms with Crippen molar-refractivity contribution in [1.29, 1.82) is 0 Å². The molecule has 1 spiro atoms. The molecule has 4 aliphatic rings. The average molecular weight is 474 g/mol. The molecule has 34 heavy (non-hydrogen) atoms. The van der Waals surface area contributed by atoms with Gasteiger partial charge in [0.2, 0.25) is 0 Å². The second kappa shape index (κ2) is 7.15. The van der Waals surface area contributed by atoms with Gasteiger partial charge in [0.15, 0.2) is 15.4 Å². The van der Waals surface area contributed by atoms with Gasteiger partial charge >= 0.3 is 0 Å². The van der Waals surface area contributed by atoms with Gasteiger partial charge in [-0.05, 0) is 60.2 Å². The van der Waals surface area contributed by atoms with Crippen molar-refractivity contribution in [2.24, 2.45) is 26.3 Å². The highest BCUT2D eigenvalue weighted by molar-refractivity contribution is 7.91. The smallest absolute Gasteiger partial charge is 0.178 e. The predicted molar refractivity (Wildman–Crippen MR) is 133 cm³/mol. The molecule has 2 unspecified atom stereocenters. The van der Waals surface area contributed by atoms with Crippen LogP contribution < -0.4 is 0 Å². The fraction of sp³-hybridized carbons (Fsp3) is 0.296. The molecule has 2 aromatic carbocycles. The molecule has 2 aromatic rings. The van der Waals surface area contributed by atoms with Gasteiger partial charge in [-0.2, -0.15) is 0 Å². The second-order valence-corrected chi connectivity index (χ2v) is 11.9. The van der Waals surface area contributed by atoms with Gasteiger partial charge in [0.1, 0.15) is 17.9 Å². The van der Waals surface area contributed by atoms with E-state index >= 15 is 0 Å². The zero-order valence-electron chi connectivity index (χ0n) is 19.0. The van der Waals surface area contributed by atoms with E-state index in [0.29, 0.717) is 28.2 Å². The summed E-state index contributed by atoms with van der Waals surface area (Å²) in [5.74, 6) is -0.0345. The van der Waals surface area contributed by atoms with Gasteiger partial charge in [0.05, 0.1) is 22.1 Å². The quantitative estimate of drug-likeness (QED) is 0.562. The Labute approximate surface area is 198 Å². The Kier molecular flexibility index (Phi) is 4.49. The van der Waals surface area contributed by atoms with Crippen molar-refractivity contribution in [3.63, 3.8) is 0 Å². The van der Waals surface area contributed by atoms with Crippen LogP contribution in [0.3, 0.4) is 0 Å². The maximum Gasteiger partial charge on any atom is 0.178 e. The van der Waals surface area contributed by atoms with E-state index in [9.17, 15) is 12.8 Å². The van der Waals surface area contributed by atoms with Gasteiger partial charge in [-0.1, -0.05) is 38.1 Å². The van der Waals surface area contributed by atoms with Gasteiger partial charge in [0.25, 0.3) is 0 Å². The van der Waals surface area contributed by atoms with E-state index in [-0.39, 0.29) is 16.5 Å². The van der Waals surface area contributed by atoms with Crippen LogP contribution in [0, 0.1) is 17.2 Å². The van der Waals surface area contributed by atoms with E-state index < -0.39 is 15.4 Å². The molecule has 1 fully saturated rings. The van der Waals surface area contributed by atoms with Crippen molar-refractivity contribution < 1.29 is 12.8 Å². The Morgan fingerprint density at radius 1 is 1.09 bits per heavy atom. The van der Waals surface area contributed by atoms with E-state index in [1.807, 2.05) is 0 Å². The third kappa shape index (κ3) is 3.10. The minimum atomic E-state index is -3.32. The Hall–Kier alpha value is -3.19. The van der Waals surface area contributed by atoms with E-state index in [4.69, 9.17) is 4.99 Å². The van der Waals surface area contributed by atoms with Crippen LogP contribution in [0.5, 0.6) is 0 Å². The summed E-state index contributed by atoms with van der Waals surface area (Å²) in [6.07, 6.45) is 10.6. The Morgan fingerprint density at radius 2 is 1.82 bits per heavy atom. The molecule has 2 heterocycles. The second-order valence-electron chi connectivity index (χ2n) is 9.66. The molecule has 0 radical (unpaired) electrons. The highest BCUT2D eigenvalue weighted by Gasteiger charge is 2.52. The normalized spacial score (nSPS) is 26.0. The lowest BCUT2D eigenvalue weighted by Crippen LogP contribution is -2.36. The van der Waals surface area contributed by atoms with Crippen LogP contribution in [0.25, 0.3) is 11.1 Å². The molecule has 0 amide bonds. The SMILES string of the molecule is CCS(=O)(=O)c1ccc(-c2cc(C3=NC4=CC(C5(C)CC5)C=CC45N=CN=C35)ccc2F)cc1.